The van der Waals surface area contributed by atoms with Gasteiger partial charge in [-0.2, -0.15) is 0 Å². The van der Waals surface area contributed by atoms with Crippen molar-refractivity contribution in [3.8, 4) is 5.75 Å². The number of carbonyl (C=O) groups is 1. The van der Waals surface area contributed by atoms with E-state index in [1.165, 1.54) is 5.56 Å². The molecule has 0 saturated heterocycles. The average molecular weight is 325 g/mol. The molecule has 0 unspecified atom stereocenters. The third-order valence-electron chi connectivity index (χ3n) is 4.08. The number of fused-ring (bicyclic) bond motifs is 1. The Bertz CT molecular complexity index is 674. The van der Waals surface area contributed by atoms with Crippen molar-refractivity contribution in [1.82, 2.24) is 15.6 Å². The van der Waals surface area contributed by atoms with Gasteiger partial charge in [-0.25, -0.2) is 0 Å². The fourth-order valence-corrected chi connectivity index (χ4v) is 2.79. The summed E-state index contributed by atoms with van der Waals surface area (Å²) in [6.45, 7) is 3.24. The van der Waals surface area contributed by atoms with Crippen molar-refractivity contribution >= 4 is 5.91 Å². The molecule has 2 N–H and O–H groups in total. The van der Waals surface area contributed by atoms with E-state index in [0.717, 1.165) is 49.2 Å². The molecule has 1 aliphatic rings. The van der Waals surface area contributed by atoms with Crippen LogP contribution in [-0.4, -0.2) is 37.1 Å². The molecule has 1 aliphatic heterocycles. The van der Waals surface area contributed by atoms with Gasteiger partial charge in [-0.1, -0.05) is 6.07 Å². The number of ether oxygens (including phenoxy) is 1. The smallest absolute Gasteiger partial charge is 0.251 e. The van der Waals surface area contributed by atoms with Crippen molar-refractivity contribution in [2.45, 2.75) is 19.3 Å². The largest absolute Gasteiger partial charge is 0.494 e. The number of carbonyl (C=O) groups excluding carboxylic acids is 1. The second-order valence-electron chi connectivity index (χ2n) is 5.89. The van der Waals surface area contributed by atoms with Gasteiger partial charge >= 0.3 is 0 Å². The number of benzene rings is 1. The summed E-state index contributed by atoms with van der Waals surface area (Å²) in [5.41, 5.74) is 3.09. The first-order valence-corrected chi connectivity index (χ1v) is 8.46. The van der Waals surface area contributed by atoms with Crippen LogP contribution in [0.25, 0.3) is 0 Å². The molecule has 0 atom stereocenters. The van der Waals surface area contributed by atoms with Crippen LogP contribution in [0.1, 0.15) is 27.9 Å². The number of rotatable bonds is 8. The number of hydrogen-bond donors (Lipinski definition) is 2. The van der Waals surface area contributed by atoms with Crippen LogP contribution in [0.5, 0.6) is 5.75 Å². The van der Waals surface area contributed by atoms with Crippen molar-refractivity contribution in [2.75, 3.05) is 26.2 Å². The molecule has 0 fully saturated rings. The molecule has 3 rings (SSSR count). The van der Waals surface area contributed by atoms with Gasteiger partial charge in [-0.3, -0.25) is 9.78 Å². The van der Waals surface area contributed by atoms with Gasteiger partial charge in [0.25, 0.3) is 5.91 Å². The maximum absolute atomic E-state index is 11.7. The summed E-state index contributed by atoms with van der Waals surface area (Å²) < 4.78 is 5.79. The molecular weight excluding hydrogens is 302 g/mol. The zero-order chi connectivity index (χ0) is 16.6. The van der Waals surface area contributed by atoms with E-state index in [-0.39, 0.29) is 5.91 Å². The lowest BCUT2D eigenvalue weighted by atomic mass is 10.0. The van der Waals surface area contributed by atoms with Crippen molar-refractivity contribution in [2.24, 2.45) is 0 Å². The minimum Gasteiger partial charge on any atom is -0.494 e. The summed E-state index contributed by atoms with van der Waals surface area (Å²) in [6.07, 6.45) is 6.50. The lowest BCUT2D eigenvalue weighted by Crippen LogP contribution is -2.31. The maximum Gasteiger partial charge on any atom is 0.251 e. The van der Waals surface area contributed by atoms with Crippen molar-refractivity contribution < 1.29 is 9.53 Å². The molecule has 24 heavy (non-hydrogen) atoms. The number of nitrogens with one attached hydrogen (secondary N) is 2. The quantitative estimate of drug-likeness (QED) is 0.729. The maximum atomic E-state index is 11.7. The first-order valence-electron chi connectivity index (χ1n) is 8.46. The summed E-state index contributed by atoms with van der Waals surface area (Å²) in [7, 11) is 0. The van der Waals surface area contributed by atoms with Gasteiger partial charge in [0.2, 0.25) is 0 Å². The monoisotopic (exact) mass is 325 g/mol. The average Bonchev–Trinajstić information content (AvgIpc) is 2.62. The Morgan fingerprint density at radius 2 is 2.21 bits per heavy atom. The van der Waals surface area contributed by atoms with Gasteiger partial charge in [0.05, 0.1) is 6.61 Å². The highest BCUT2D eigenvalue weighted by Gasteiger charge is 2.16. The van der Waals surface area contributed by atoms with E-state index in [1.807, 2.05) is 30.5 Å². The van der Waals surface area contributed by atoms with Crippen molar-refractivity contribution in [1.29, 1.82) is 0 Å². The van der Waals surface area contributed by atoms with Gasteiger partial charge < -0.3 is 15.4 Å². The molecule has 0 radical (unpaired) electrons. The van der Waals surface area contributed by atoms with Gasteiger partial charge in [-0.05, 0) is 67.7 Å². The Kier molecular flexibility index (Phi) is 5.80. The number of aromatic nitrogens is 1. The van der Waals surface area contributed by atoms with Crippen LogP contribution in [0.15, 0.2) is 42.7 Å². The molecule has 0 bridgehead atoms. The molecule has 126 valence electrons. The molecular formula is C19H23N3O2. The summed E-state index contributed by atoms with van der Waals surface area (Å²) in [5.74, 6) is 0.861. The highest BCUT2D eigenvalue weighted by atomic mass is 16.5. The SMILES string of the molecule is O=C1NCCc2cc(OCCCNCCc3cccnc3)ccc21. The molecule has 5 nitrogen and oxygen atoms in total. The minimum atomic E-state index is 0.0145. The molecule has 2 aromatic rings. The van der Waals surface area contributed by atoms with Crippen LogP contribution in [-0.2, 0) is 12.8 Å². The fraction of sp³-hybridized carbons (Fsp3) is 0.368. The Morgan fingerprint density at radius 3 is 3.08 bits per heavy atom. The lowest BCUT2D eigenvalue weighted by molar-refractivity contribution is 0.0946. The topological polar surface area (TPSA) is 63.2 Å². The van der Waals surface area contributed by atoms with Crippen LogP contribution in [0.3, 0.4) is 0 Å². The molecule has 1 aromatic heterocycles. The second kappa shape index (κ2) is 8.45. The first-order chi connectivity index (χ1) is 11.8. The standard InChI is InChI=1S/C19H23N3O2/c23-19-18-5-4-17(13-16(18)7-11-22-19)24-12-2-9-20-10-6-15-3-1-8-21-14-15/h1,3-5,8,13-14,20H,2,6-7,9-12H2,(H,22,23). The highest BCUT2D eigenvalue weighted by molar-refractivity contribution is 5.96. The molecule has 0 spiro atoms. The van der Waals surface area contributed by atoms with Gasteiger partial charge in [0.15, 0.2) is 0 Å². The van der Waals surface area contributed by atoms with E-state index < -0.39 is 0 Å². The van der Waals surface area contributed by atoms with E-state index in [4.69, 9.17) is 4.74 Å². The number of nitrogens with zero attached hydrogens (tertiary/aromatic N) is 1. The summed E-state index contributed by atoms with van der Waals surface area (Å²) in [5, 5.41) is 6.26. The predicted octanol–water partition coefficient (Wildman–Crippen LogP) is 1.97. The predicted molar refractivity (Wildman–Crippen MR) is 93.4 cm³/mol. The van der Waals surface area contributed by atoms with Gasteiger partial charge in [0.1, 0.15) is 5.75 Å². The van der Waals surface area contributed by atoms with Crippen molar-refractivity contribution in [3.05, 3.63) is 59.4 Å². The van der Waals surface area contributed by atoms with E-state index in [2.05, 4.69) is 21.7 Å². The van der Waals surface area contributed by atoms with E-state index in [9.17, 15) is 4.79 Å². The third kappa shape index (κ3) is 4.55. The Balaban J connectivity index is 1.33. The Morgan fingerprint density at radius 1 is 1.25 bits per heavy atom. The van der Waals surface area contributed by atoms with Gasteiger partial charge in [0, 0.05) is 24.5 Å². The number of amides is 1. The van der Waals surface area contributed by atoms with Crippen LogP contribution < -0.4 is 15.4 Å². The summed E-state index contributed by atoms with van der Waals surface area (Å²) in [6, 6.07) is 9.77. The molecule has 0 saturated carbocycles. The zero-order valence-corrected chi connectivity index (χ0v) is 13.8. The third-order valence-corrected chi connectivity index (χ3v) is 4.08. The number of hydrogen-bond acceptors (Lipinski definition) is 4. The first kappa shape index (κ1) is 16.5. The van der Waals surface area contributed by atoms with Gasteiger partial charge in [-0.15, -0.1) is 0 Å². The Labute approximate surface area is 142 Å². The molecule has 1 amide bonds. The van der Waals surface area contributed by atoms with Crippen LogP contribution >= 0.6 is 0 Å². The highest BCUT2D eigenvalue weighted by Crippen LogP contribution is 2.20. The normalized spacial score (nSPS) is 13.2. The minimum absolute atomic E-state index is 0.0145. The second-order valence-corrected chi connectivity index (χ2v) is 5.89. The van der Waals surface area contributed by atoms with Crippen LogP contribution in [0, 0.1) is 0 Å². The molecule has 0 aliphatic carbocycles. The van der Waals surface area contributed by atoms with Crippen LogP contribution in [0.2, 0.25) is 0 Å². The zero-order valence-electron chi connectivity index (χ0n) is 13.8. The van der Waals surface area contributed by atoms with Crippen molar-refractivity contribution in [3.63, 3.8) is 0 Å². The van der Waals surface area contributed by atoms with E-state index in [1.54, 1.807) is 6.20 Å². The van der Waals surface area contributed by atoms with E-state index >= 15 is 0 Å². The number of pyridine rings is 1. The van der Waals surface area contributed by atoms with E-state index in [0.29, 0.717) is 13.2 Å². The molecule has 2 heterocycles. The summed E-state index contributed by atoms with van der Waals surface area (Å²) >= 11 is 0. The van der Waals surface area contributed by atoms with Crippen LogP contribution in [0.4, 0.5) is 0 Å². The Hall–Kier alpha value is -2.40. The molecule has 1 aromatic carbocycles. The molecule has 5 heteroatoms. The summed E-state index contributed by atoms with van der Waals surface area (Å²) in [4.78, 5) is 15.8. The lowest BCUT2D eigenvalue weighted by Gasteiger charge is -2.17. The fourth-order valence-electron chi connectivity index (χ4n) is 2.79.